The van der Waals surface area contributed by atoms with Crippen molar-refractivity contribution in [2.24, 2.45) is 5.41 Å². The van der Waals surface area contributed by atoms with Gasteiger partial charge in [0.05, 0.1) is 6.04 Å². The Hall–Kier alpha value is -2.12. The van der Waals surface area contributed by atoms with Gasteiger partial charge in [0.15, 0.2) is 0 Å². The Morgan fingerprint density at radius 1 is 1.06 bits per heavy atom. The number of hydrogen-bond acceptors (Lipinski definition) is 4. The molecule has 192 valence electrons. The largest absolute Gasteiger partial charge is 0.339 e. The van der Waals surface area contributed by atoms with E-state index in [2.05, 4.69) is 43.4 Å². The molecule has 0 saturated carbocycles. The Kier molecular flexibility index (Phi) is 6.61. The summed E-state index contributed by atoms with van der Waals surface area (Å²) in [5, 5.41) is 7.97. The number of rotatable bonds is 3. The molecule has 0 aromatic heterocycles. The molecule has 8 heteroatoms. The molecule has 3 heterocycles. The first kappa shape index (κ1) is 25.5. The number of carbonyl (C=O) groups is 2. The van der Waals surface area contributed by atoms with Crippen LogP contribution in [0.2, 0.25) is 10.0 Å². The maximum atomic E-state index is 14.2. The number of carbonyl (C=O) groups excluding carboxylic acids is 2. The van der Waals surface area contributed by atoms with E-state index in [4.69, 9.17) is 23.2 Å². The van der Waals surface area contributed by atoms with Crippen molar-refractivity contribution in [2.75, 3.05) is 38.5 Å². The van der Waals surface area contributed by atoms with Crippen LogP contribution in [0.3, 0.4) is 0 Å². The highest BCUT2D eigenvalue weighted by Crippen LogP contribution is 2.57. The number of amides is 2. The Balaban J connectivity index is 1.70. The summed E-state index contributed by atoms with van der Waals surface area (Å²) in [6.07, 6.45) is 0.714. The smallest absolute Gasteiger partial charge is 0.240 e. The molecule has 2 N–H and O–H groups in total. The minimum Gasteiger partial charge on any atom is -0.339 e. The minimum atomic E-state index is -0.981. The molecule has 0 radical (unpaired) electrons. The maximum Gasteiger partial charge on any atom is 0.240 e. The quantitative estimate of drug-likeness (QED) is 0.614. The highest BCUT2D eigenvalue weighted by molar-refractivity contribution is 6.31. The molecule has 1 spiro atoms. The molecule has 2 aromatic carbocycles. The number of halogens is 2. The lowest BCUT2D eigenvalue weighted by Gasteiger charge is -2.38. The molecule has 2 aromatic rings. The Labute approximate surface area is 223 Å². The number of fused-ring (bicyclic) bond motifs is 2. The number of piperazine rings is 1. The van der Waals surface area contributed by atoms with E-state index in [0.717, 1.165) is 24.2 Å². The van der Waals surface area contributed by atoms with Crippen LogP contribution in [-0.2, 0) is 15.0 Å². The number of benzene rings is 2. The van der Waals surface area contributed by atoms with E-state index < -0.39 is 17.4 Å². The fourth-order valence-electron chi connectivity index (χ4n) is 6.33. The number of nitrogens with one attached hydrogen (secondary N) is 2. The van der Waals surface area contributed by atoms with E-state index in [1.807, 2.05) is 47.4 Å². The van der Waals surface area contributed by atoms with E-state index in [9.17, 15) is 9.59 Å². The van der Waals surface area contributed by atoms with Crippen molar-refractivity contribution in [1.82, 2.24) is 15.1 Å². The van der Waals surface area contributed by atoms with Crippen LogP contribution in [0.15, 0.2) is 42.5 Å². The lowest BCUT2D eigenvalue weighted by molar-refractivity contribution is -0.135. The van der Waals surface area contributed by atoms with Crippen LogP contribution in [0.4, 0.5) is 5.69 Å². The SMILES string of the molecule is CN1CCN(C(=O)C2N[C@H](CC(C)(C)C)[C@]3(C(=O)Nc4cc(Cl)ccc43)[C@H]2c2cccc(Cl)c2)CC1. The van der Waals surface area contributed by atoms with E-state index in [-0.39, 0.29) is 23.3 Å². The van der Waals surface area contributed by atoms with Crippen LogP contribution in [0.1, 0.15) is 44.2 Å². The summed E-state index contributed by atoms with van der Waals surface area (Å²) in [6.45, 7) is 9.51. The third-order valence-corrected chi connectivity index (χ3v) is 8.38. The Bertz CT molecular complexity index is 1190. The highest BCUT2D eigenvalue weighted by Gasteiger charge is 2.66. The van der Waals surface area contributed by atoms with Crippen molar-refractivity contribution in [1.29, 1.82) is 0 Å². The zero-order chi connectivity index (χ0) is 25.8. The standard InChI is InChI=1S/C28H34Cl2N4O2/c1-27(2,3)16-22-28(20-9-8-19(30)15-21(20)31-26(28)36)23(17-6-5-7-18(29)14-17)24(32-22)25(35)34-12-10-33(4)11-13-34/h5-9,14-15,22-24,32H,10-13,16H2,1-4H3,(H,31,36)/t22-,23+,24?,28+/m1/s1. The van der Waals surface area contributed by atoms with Gasteiger partial charge in [0.25, 0.3) is 0 Å². The summed E-state index contributed by atoms with van der Waals surface area (Å²) in [7, 11) is 2.07. The van der Waals surface area contributed by atoms with Crippen LogP contribution in [0.5, 0.6) is 0 Å². The Morgan fingerprint density at radius 3 is 2.42 bits per heavy atom. The fraction of sp³-hybridized carbons (Fsp3) is 0.500. The van der Waals surface area contributed by atoms with Crippen LogP contribution < -0.4 is 10.6 Å². The van der Waals surface area contributed by atoms with Crippen LogP contribution >= 0.6 is 23.2 Å². The van der Waals surface area contributed by atoms with Crippen molar-refractivity contribution in [3.8, 4) is 0 Å². The van der Waals surface area contributed by atoms with E-state index in [1.54, 1.807) is 0 Å². The fourth-order valence-corrected chi connectivity index (χ4v) is 6.70. The molecule has 3 aliphatic rings. The van der Waals surface area contributed by atoms with Crippen molar-refractivity contribution in [3.05, 3.63) is 63.6 Å². The predicted molar refractivity (Wildman–Crippen MR) is 145 cm³/mol. The van der Waals surface area contributed by atoms with Crippen molar-refractivity contribution < 1.29 is 9.59 Å². The van der Waals surface area contributed by atoms with E-state index in [1.165, 1.54) is 0 Å². The second-order valence-electron chi connectivity index (χ2n) is 11.6. The molecule has 3 aliphatic heterocycles. The van der Waals surface area contributed by atoms with Crippen molar-refractivity contribution in [2.45, 2.75) is 50.6 Å². The third-order valence-electron chi connectivity index (χ3n) is 7.91. The van der Waals surface area contributed by atoms with E-state index in [0.29, 0.717) is 35.2 Å². The van der Waals surface area contributed by atoms with Gasteiger partial charge < -0.3 is 20.4 Å². The van der Waals surface area contributed by atoms with Gasteiger partial charge in [-0.3, -0.25) is 9.59 Å². The Morgan fingerprint density at radius 2 is 1.75 bits per heavy atom. The van der Waals surface area contributed by atoms with Gasteiger partial charge in [0, 0.05) is 53.9 Å². The first-order valence-corrected chi connectivity index (χ1v) is 13.4. The topological polar surface area (TPSA) is 64.7 Å². The first-order valence-electron chi connectivity index (χ1n) is 12.6. The van der Waals surface area contributed by atoms with Gasteiger partial charge in [-0.05, 0) is 54.3 Å². The predicted octanol–water partition coefficient (Wildman–Crippen LogP) is 4.52. The molecule has 36 heavy (non-hydrogen) atoms. The summed E-state index contributed by atoms with van der Waals surface area (Å²) < 4.78 is 0. The van der Waals surface area contributed by atoms with Gasteiger partial charge in [0.1, 0.15) is 5.41 Å². The van der Waals surface area contributed by atoms with Crippen LogP contribution in [0.25, 0.3) is 0 Å². The summed E-state index contributed by atoms with van der Waals surface area (Å²) in [5.41, 5.74) is 1.43. The molecule has 2 saturated heterocycles. The molecule has 1 unspecified atom stereocenters. The molecule has 2 amide bonds. The summed E-state index contributed by atoms with van der Waals surface area (Å²) in [6, 6.07) is 12.4. The second-order valence-corrected chi connectivity index (χ2v) is 12.5. The molecular formula is C28H34Cl2N4O2. The highest BCUT2D eigenvalue weighted by atomic mass is 35.5. The third kappa shape index (κ3) is 4.32. The zero-order valence-electron chi connectivity index (χ0n) is 21.3. The number of nitrogens with zero attached hydrogens (tertiary/aromatic N) is 2. The molecule has 4 atom stereocenters. The second kappa shape index (κ2) is 9.32. The first-order chi connectivity index (χ1) is 17.0. The van der Waals surface area contributed by atoms with Gasteiger partial charge in [0.2, 0.25) is 11.8 Å². The summed E-state index contributed by atoms with van der Waals surface area (Å²) in [4.78, 5) is 32.5. The monoisotopic (exact) mass is 528 g/mol. The number of likely N-dealkylation sites (N-methyl/N-ethyl adjacent to an activating group) is 1. The van der Waals surface area contributed by atoms with E-state index >= 15 is 0 Å². The van der Waals surface area contributed by atoms with Gasteiger partial charge in [-0.15, -0.1) is 0 Å². The van der Waals surface area contributed by atoms with Crippen molar-refractivity contribution in [3.63, 3.8) is 0 Å². The average Bonchev–Trinajstić information content (AvgIpc) is 3.27. The summed E-state index contributed by atoms with van der Waals surface area (Å²) >= 11 is 12.8. The lowest BCUT2D eigenvalue weighted by Crippen LogP contribution is -2.53. The number of hydrogen-bond donors (Lipinski definition) is 2. The van der Waals surface area contributed by atoms with Gasteiger partial charge in [-0.1, -0.05) is 62.2 Å². The van der Waals surface area contributed by atoms with Crippen LogP contribution in [-0.4, -0.2) is 66.9 Å². The van der Waals surface area contributed by atoms with Crippen molar-refractivity contribution >= 4 is 40.7 Å². The summed E-state index contributed by atoms with van der Waals surface area (Å²) in [5.74, 6) is -0.489. The normalized spacial score (nSPS) is 28.4. The molecule has 5 rings (SSSR count). The molecule has 0 aliphatic carbocycles. The minimum absolute atomic E-state index is 0.0408. The number of anilines is 1. The molecule has 2 fully saturated rings. The van der Waals surface area contributed by atoms with Crippen LogP contribution in [0, 0.1) is 5.41 Å². The van der Waals surface area contributed by atoms with Gasteiger partial charge >= 0.3 is 0 Å². The average molecular weight is 530 g/mol. The van der Waals surface area contributed by atoms with Gasteiger partial charge in [-0.2, -0.15) is 0 Å². The molecular weight excluding hydrogens is 495 g/mol. The maximum absolute atomic E-state index is 14.2. The lowest BCUT2D eigenvalue weighted by atomic mass is 9.62. The molecule has 0 bridgehead atoms. The zero-order valence-corrected chi connectivity index (χ0v) is 22.8. The molecule has 6 nitrogen and oxygen atoms in total. The van der Waals surface area contributed by atoms with Gasteiger partial charge in [-0.25, -0.2) is 0 Å².